The molecule has 1 N–H and O–H groups in total. The third kappa shape index (κ3) is 5.71. The van der Waals surface area contributed by atoms with Crippen molar-refractivity contribution in [3.05, 3.63) is 54.6 Å². The molecule has 1 aliphatic heterocycles. The number of hydrogen-bond acceptors (Lipinski definition) is 5. The van der Waals surface area contributed by atoms with E-state index in [1.54, 1.807) is 17.0 Å². The van der Waals surface area contributed by atoms with Gasteiger partial charge in [0.05, 0.1) is 4.90 Å². The second-order valence-corrected chi connectivity index (χ2v) is 8.63. The highest BCUT2D eigenvalue weighted by atomic mass is 32.2. The van der Waals surface area contributed by atoms with Crippen LogP contribution in [0.5, 0.6) is 5.75 Å². The molecule has 0 atom stereocenters. The molecule has 0 saturated carbocycles. The molecule has 0 bridgehead atoms. The largest absolute Gasteiger partial charge is 0.484 e. The van der Waals surface area contributed by atoms with Gasteiger partial charge in [-0.25, -0.2) is 13.1 Å². The van der Waals surface area contributed by atoms with E-state index >= 15 is 0 Å². The zero-order valence-electron chi connectivity index (χ0n) is 16.6. The molecule has 7 nitrogen and oxygen atoms in total. The fourth-order valence-corrected chi connectivity index (χ4v) is 4.26. The molecule has 0 aliphatic carbocycles. The monoisotopic (exact) mass is 417 g/mol. The van der Waals surface area contributed by atoms with Crippen LogP contribution < -0.4 is 14.4 Å². The number of carbonyl (C=O) groups excluding carboxylic acids is 1. The lowest BCUT2D eigenvalue weighted by Crippen LogP contribution is -2.50. The molecular weight excluding hydrogens is 390 g/mol. The van der Waals surface area contributed by atoms with Crippen molar-refractivity contribution < 1.29 is 17.9 Å². The fourth-order valence-electron chi connectivity index (χ4n) is 3.12. The van der Waals surface area contributed by atoms with Crippen LogP contribution >= 0.6 is 0 Å². The molecule has 1 aliphatic rings. The predicted molar refractivity (Wildman–Crippen MR) is 113 cm³/mol. The van der Waals surface area contributed by atoms with E-state index in [1.807, 2.05) is 25.1 Å². The standard InChI is InChI=1S/C21H27N3O4S/c1-2-12-22-29(26,27)20-10-8-19(9-11-20)28-17-21(25)24-15-13-23(14-16-24)18-6-4-3-5-7-18/h3-11,22H,2,12-17H2,1H3. The lowest BCUT2D eigenvalue weighted by atomic mass is 10.2. The van der Waals surface area contributed by atoms with Gasteiger partial charge in [-0.2, -0.15) is 0 Å². The van der Waals surface area contributed by atoms with Crippen molar-refractivity contribution in [2.24, 2.45) is 0 Å². The van der Waals surface area contributed by atoms with Crippen LogP contribution in [0.15, 0.2) is 59.5 Å². The van der Waals surface area contributed by atoms with Crippen LogP contribution in [0.2, 0.25) is 0 Å². The topological polar surface area (TPSA) is 78.9 Å². The van der Waals surface area contributed by atoms with Gasteiger partial charge in [-0.3, -0.25) is 4.79 Å². The van der Waals surface area contributed by atoms with Gasteiger partial charge >= 0.3 is 0 Å². The van der Waals surface area contributed by atoms with Crippen molar-refractivity contribution in [2.45, 2.75) is 18.2 Å². The van der Waals surface area contributed by atoms with E-state index < -0.39 is 10.0 Å². The van der Waals surface area contributed by atoms with E-state index in [0.29, 0.717) is 25.4 Å². The predicted octanol–water partition coefficient (Wildman–Crippen LogP) is 2.10. The minimum Gasteiger partial charge on any atom is -0.484 e. The lowest BCUT2D eigenvalue weighted by molar-refractivity contribution is -0.133. The number of nitrogens with one attached hydrogen (secondary N) is 1. The second-order valence-electron chi connectivity index (χ2n) is 6.86. The van der Waals surface area contributed by atoms with E-state index in [0.717, 1.165) is 19.5 Å². The molecule has 0 aromatic heterocycles. The van der Waals surface area contributed by atoms with Crippen LogP contribution in [0, 0.1) is 0 Å². The number of amides is 1. The molecule has 156 valence electrons. The molecule has 1 heterocycles. The highest BCUT2D eigenvalue weighted by Crippen LogP contribution is 2.17. The van der Waals surface area contributed by atoms with Crippen molar-refractivity contribution in [2.75, 3.05) is 44.2 Å². The van der Waals surface area contributed by atoms with E-state index in [2.05, 4.69) is 21.8 Å². The maximum Gasteiger partial charge on any atom is 0.260 e. The molecule has 0 unspecified atom stereocenters. The molecule has 0 spiro atoms. The molecule has 1 saturated heterocycles. The SMILES string of the molecule is CCCNS(=O)(=O)c1ccc(OCC(=O)N2CCN(c3ccccc3)CC2)cc1. The van der Waals surface area contributed by atoms with Crippen molar-refractivity contribution in [3.63, 3.8) is 0 Å². The minimum absolute atomic E-state index is 0.0640. The highest BCUT2D eigenvalue weighted by Gasteiger charge is 2.21. The van der Waals surface area contributed by atoms with Gasteiger partial charge in [0.2, 0.25) is 10.0 Å². The smallest absolute Gasteiger partial charge is 0.260 e. The van der Waals surface area contributed by atoms with Crippen molar-refractivity contribution in [1.29, 1.82) is 0 Å². The van der Waals surface area contributed by atoms with E-state index in [1.165, 1.54) is 17.8 Å². The Morgan fingerprint density at radius 2 is 1.66 bits per heavy atom. The van der Waals surface area contributed by atoms with Crippen LogP contribution in [0.3, 0.4) is 0 Å². The summed E-state index contributed by atoms with van der Waals surface area (Å²) in [5, 5.41) is 0. The molecule has 0 radical (unpaired) electrons. The maximum atomic E-state index is 12.4. The minimum atomic E-state index is -3.50. The third-order valence-electron chi connectivity index (χ3n) is 4.79. The number of ether oxygens (including phenoxy) is 1. The Morgan fingerprint density at radius 3 is 2.28 bits per heavy atom. The fraction of sp³-hybridized carbons (Fsp3) is 0.381. The number of carbonyl (C=O) groups is 1. The molecule has 1 amide bonds. The summed E-state index contributed by atoms with van der Waals surface area (Å²) in [6.07, 6.45) is 0.724. The van der Waals surface area contributed by atoms with E-state index in [-0.39, 0.29) is 17.4 Å². The first-order valence-corrected chi connectivity index (χ1v) is 11.3. The van der Waals surface area contributed by atoms with Crippen molar-refractivity contribution in [3.8, 4) is 5.75 Å². The first-order valence-electron chi connectivity index (χ1n) is 9.80. The average molecular weight is 418 g/mol. The van der Waals surface area contributed by atoms with E-state index in [4.69, 9.17) is 4.74 Å². The number of hydrogen-bond donors (Lipinski definition) is 1. The average Bonchev–Trinajstić information content (AvgIpc) is 2.77. The summed E-state index contributed by atoms with van der Waals surface area (Å²) in [4.78, 5) is 16.7. The first-order chi connectivity index (χ1) is 14.0. The third-order valence-corrected chi connectivity index (χ3v) is 6.27. The van der Waals surface area contributed by atoms with Gasteiger partial charge in [0.25, 0.3) is 5.91 Å². The number of sulfonamides is 1. The van der Waals surface area contributed by atoms with Crippen molar-refractivity contribution >= 4 is 21.6 Å². The van der Waals surface area contributed by atoms with Crippen LogP contribution in [-0.4, -0.2) is 58.6 Å². The number of anilines is 1. The number of rotatable bonds is 8. The Hall–Kier alpha value is -2.58. The van der Waals surface area contributed by atoms with Crippen LogP contribution in [-0.2, 0) is 14.8 Å². The van der Waals surface area contributed by atoms with Gasteiger partial charge in [-0.05, 0) is 42.8 Å². The summed E-state index contributed by atoms with van der Waals surface area (Å²) in [7, 11) is -3.50. The van der Waals surface area contributed by atoms with Gasteiger partial charge in [0.15, 0.2) is 6.61 Å². The highest BCUT2D eigenvalue weighted by molar-refractivity contribution is 7.89. The van der Waals surface area contributed by atoms with E-state index in [9.17, 15) is 13.2 Å². The molecule has 29 heavy (non-hydrogen) atoms. The molecule has 2 aromatic carbocycles. The van der Waals surface area contributed by atoms with Gasteiger partial charge < -0.3 is 14.5 Å². The lowest BCUT2D eigenvalue weighted by Gasteiger charge is -2.36. The zero-order chi connectivity index (χ0) is 20.7. The van der Waals surface area contributed by atoms with Crippen LogP contribution in [0.4, 0.5) is 5.69 Å². The summed E-state index contributed by atoms with van der Waals surface area (Å²) in [5.41, 5.74) is 1.17. The molecule has 8 heteroatoms. The summed E-state index contributed by atoms with van der Waals surface area (Å²) in [6, 6.07) is 16.3. The normalized spacial score (nSPS) is 14.7. The Kier molecular flexibility index (Phi) is 7.11. The maximum absolute atomic E-state index is 12.4. The summed E-state index contributed by atoms with van der Waals surface area (Å²) < 4.78 is 32.3. The molecular formula is C21H27N3O4S. The van der Waals surface area contributed by atoms with Gasteiger partial charge in [0, 0.05) is 38.4 Å². The van der Waals surface area contributed by atoms with Gasteiger partial charge in [-0.1, -0.05) is 25.1 Å². The Bertz CT molecular complexity index is 893. The second kappa shape index (κ2) is 9.76. The molecule has 3 rings (SSSR count). The number of piperazine rings is 1. The quantitative estimate of drug-likeness (QED) is 0.712. The first kappa shape index (κ1) is 21.1. The van der Waals surface area contributed by atoms with Gasteiger partial charge in [-0.15, -0.1) is 0 Å². The summed E-state index contributed by atoms with van der Waals surface area (Å²) >= 11 is 0. The summed E-state index contributed by atoms with van der Waals surface area (Å²) in [6.45, 7) is 5.10. The van der Waals surface area contributed by atoms with Crippen molar-refractivity contribution in [1.82, 2.24) is 9.62 Å². The Balaban J connectivity index is 1.47. The van der Waals surface area contributed by atoms with Gasteiger partial charge in [0.1, 0.15) is 5.75 Å². The molecule has 1 fully saturated rings. The van der Waals surface area contributed by atoms with Crippen LogP contribution in [0.1, 0.15) is 13.3 Å². The zero-order valence-corrected chi connectivity index (χ0v) is 17.4. The molecule has 2 aromatic rings. The number of nitrogens with zero attached hydrogens (tertiary/aromatic N) is 2. The van der Waals surface area contributed by atoms with Crippen LogP contribution in [0.25, 0.3) is 0 Å². The number of benzene rings is 2. The Labute approximate surface area is 172 Å². The Morgan fingerprint density at radius 1 is 1.00 bits per heavy atom. The number of para-hydroxylation sites is 1. The summed E-state index contributed by atoms with van der Waals surface area (Å²) in [5.74, 6) is 0.398.